The molecule has 1 aliphatic heterocycles. The van der Waals surface area contributed by atoms with Crippen LogP contribution in [0.1, 0.15) is 19.8 Å². The molecule has 0 radical (unpaired) electrons. The van der Waals surface area contributed by atoms with Gasteiger partial charge in [-0.3, -0.25) is 0 Å². The maximum atomic E-state index is 5.22. The number of ether oxygens (including phenoxy) is 1. The van der Waals surface area contributed by atoms with E-state index in [1.807, 2.05) is 35.1 Å². The van der Waals surface area contributed by atoms with Crippen LogP contribution in [0.4, 0.5) is 5.82 Å². The molecule has 0 bridgehead atoms. The van der Waals surface area contributed by atoms with Gasteiger partial charge in [-0.2, -0.15) is 5.10 Å². The molecule has 6 nitrogen and oxygen atoms in total. The van der Waals surface area contributed by atoms with Gasteiger partial charge < -0.3 is 9.64 Å². The van der Waals surface area contributed by atoms with Crippen LogP contribution in [0, 0.1) is 5.92 Å². The first kappa shape index (κ1) is 14.9. The number of methoxy groups -OCH3 is 1. The zero-order valence-electron chi connectivity index (χ0n) is 14.0. The molecule has 0 saturated carbocycles. The molecule has 1 aromatic carbocycles. The second-order valence-corrected chi connectivity index (χ2v) is 6.38. The van der Waals surface area contributed by atoms with Crippen LogP contribution in [-0.4, -0.2) is 39.9 Å². The number of piperidine rings is 1. The molecule has 6 heteroatoms. The van der Waals surface area contributed by atoms with E-state index in [1.54, 1.807) is 13.4 Å². The number of anilines is 1. The van der Waals surface area contributed by atoms with E-state index in [9.17, 15) is 0 Å². The van der Waals surface area contributed by atoms with Crippen molar-refractivity contribution in [3.05, 3.63) is 36.8 Å². The van der Waals surface area contributed by atoms with Gasteiger partial charge in [0.1, 0.15) is 17.9 Å². The number of rotatable bonds is 3. The van der Waals surface area contributed by atoms with Crippen molar-refractivity contribution in [3.8, 4) is 11.4 Å². The Hall–Kier alpha value is -2.63. The molecule has 0 unspecified atom stereocenters. The number of fused-ring (bicyclic) bond motifs is 1. The lowest BCUT2D eigenvalue weighted by Gasteiger charge is -2.31. The van der Waals surface area contributed by atoms with Gasteiger partial charge in [0.25, 0.3) is 0 Å². The van der Waals surface area contributed by atoms with Gasteiger partial charge in [0, 0.05) is 13.1 Å². The van der Waals surface area contributed by atoms with Crippen LogP contribution in [-0.2, 0) is 0 Å². The summed E-state index contributed by atoms with van der Waals surface area (Å²) in [6.07, 6.45) is 6.00. The Kier molecular flexibility index (Phi) is 3.80. The minimum Gasteiger partial charge on any atom is -0.497 e. The highest BCUT2D eigenvalue weighted by Gasteiger charge is 2.21. The summed E-state index contributed by atoms with van der Waals surface area (Å²) in [5.41, 5.74) is 1.80. The predicted molar refractivity (Wildman–Crippen MR) is 93.8 cm³/mol. The molecule has 0 N–H and O–H groups in total. The highest BCUT2D eigenvalue weighted by molar-refractivity contribution is 5.87. The van der Waals surface area contributed by atoms with Crippen LogP contribution in [0.5, 0.6) is 5.75 Å². The molecule has 1 atom stereocenters. The van der Waals surface area contributed by atoms with E-state index in [4.69, 9.17) is 4.74 Å². The second-order valence-electron chi connectivity index (χ2n) is 6.38. The lowest BCUT2D eigenvalue weighted by atomic mass is 10.0. The van der Waals surface area contributed by atoms with Crippen molar-refractivity contribution in [2.24, 2.45) is 5.92 Å². The van der Waals surface area contributed by atoms with Gasteiger partial charge in [0.15, 0.2) is 5.65 Å². The lowest BCUT2D eigenvalue weighted by molar-refractivity contribution is 0.414. The van der Waals surface area contributed by atoms with Crippen molar-refractivity contribution in [2.75, 3.05) is 25.1 Å². The summed E-state index contributed by atoms with van der Waals surface area (Å²) < 4.78 is 7.08. The highest BCUT2D eigenvalue weighted by atomic mass is 16.5. The van der Waals surface area contributed by atoms with Crippen molar-refractivity contribution in [1.82, 2.24) is 19.7 Å². The van der Waals surface area contributed by atoms with E-state index in [1.165, 1.54) is 12.8 Å². The van der Waals surface area contributed by atoms with E-state index >= 15 is 0 Å². The average molecular weight is 323 g/mol. The number of nitrogens with zero attached hydrogens (tertiary/aromatic N) is 5. The van der Waals surface area contributed by atoms with Gasteiger partial charge in [-0.1, -0.05) is 6.92 Å². The van der Waals surface area contributed by atoms with E-state index in [2.05, 4.69) is 26.9 Å². The monoisotopic (exact) mass is 323 g/mol. The van der Waals surface area contributed by atoms with E-state index < -0.39 is 0 Å². The van der Waals surface area contributed by atoms with Crippen molar-refractivity contribution in [1.29, 1.82) is 0 Å². The number of hydrogen-bond acceptors (Lipinski definition) is 5. The normalized spacial score (nSPS) is 18.1. The Morgan fingerprint density at radius 2 is 2.00 bits per heavy atom. The third-order valence-electron chi connectivity index (χ3n) is 4.62. The molecule has 24 heavy (non-hydrogen) atoms. The van der Waals surface area contributed by atoms with Gasteiger partial charge in [-0.15, -0.1) is 0 Å². The maximum absolute atomic E-state index is 5.22. The van der Waals surface area contributed by atoms with Gasteiger partial charge in [-0.25, -0.2) is 14.6 Å². The Morgan fingerprint density at radius 1 is 1.17 bits per heavy atom. The SMILES string of the molecule is COc1ccc(-n2ncc3c(N4CCC[C@@H](C)C4)ncnc32)cc1. The van der Waals surface area contributed by atoms with Crippen LogP contribution < -0.4 is 9.64 Å². The third-order valence-corrected chi connectivity index (χ3v) is 4.62. The van der Waals surface area contributed by atoms with Gasteiger partial charge >= 0.3 is 0 Å². The summed E-state index contributed by atoms with van der Waals surface area (Å²) in [5.74, 6) is 2.51. The first-order valence-electron chi connectivity index (χ1n) is 8.34. The molecule has 0 spiro atoms. The van der Waals surface area contributed by atoms with Crippen LogP contribution >= 0.6 is 0 Å². The molecule has 124 valence electrons. The van der Waals surface area contributed by atoms with Crippen molar-refractivity contribution in [3.63, 3.8) is 0 Å². The van der Waals surface area contributed by atoms with E-state index in [0.29, 0.717) is 5.92 Å². The van der Waals surface area contributed by atoms with Crippen molar-refractivity contribution < 1.29 is 4.74 Å². The molecule has 4 rings (SSSR count). The molecule has 1 fully saturated rings. The average Bonchev–Trinajstić information content (AvgIpc) is 3.06. The fourth-order valence-corrected chi connectivity index (χ4v) is 3.38. The minimum absolute atomic E-state index is 0.695. The van der Waals surface area contributed by atoms with Crippen LogP contribution in [0.25, 0.3) is 16.7 Å². The number of benzene rings is 1. The zero-order valence-corrected chi connectivity index (χ0v) is 14.0. The first-order chi connectivity index (χ1) is 11.8. The Bertz CT molecular complexity index is 842. The fourth-order valence-electron chi connectivity index (χ4n) is 3.38. The molecule has 2 aromatic heterocycles. The van der Waals surface area contributed by atoms with Gasteiger partial charge in [0.05, 0.1) is 24.4 Å². The quantitative estimate of drug-likeness (QED) is 0.741. The summed E-state index contributed by atoms with van der Waals surface area (Å²) in [7, 11) is 1.66. The number of aromatic nitrogens is 4. The molecule has 1 aliphatic rings. The minimum atomic E-state index is 0.695. The highest BCUT2D eigenvalue weighted by Crippen LogP contribution is 2.28. The van der Waals surface area contributed by atoms with Crippen LogP contribution in [0.2, 0.25) is 0 Å². The number of hydrogen-bond donors (Lipinski definition) is 0. The second kappa shape index (κ2) is 6.11. The Morgan fingerprint density at radius 3 is 2.75 bits per heavy atom. The summed E-state index contributed by atoms with van der Waals surface area (Å²) in [4.78, 5) is 11.4. The van der Waals surface area contributed by atoms with Crippen LogP contribution in [0.3, 0.4) is 0 Å². The fraction of sp³-hybridized carbons (Fsp3) is 0.389. The maximum Gasteiger partial charge on any atom is 0.168 e. The predicted octanol–water partition coefficient (Wildman–Crippen LogP) is 3.06. The van der Waals surface area contributed by atoms with Gasteiger partial charge in [0.2, 0.25) is 0 Å². The van der Waals surface area contributed by atoms with E-state index in [-0.39, 0.29) is 0 Å². The molecule has 3 heterocycles. The smallest absolute Gasteiger partial charge is 0.168 e. The molecular formula is C18H21N5O. The van der Waals surface area contributed by atoms with Gasteiger partial charge in [-0.05, 0) is 43.0 Å². The van der Waals surface area contributed by atoms with Crippen molar-refractivity contribution >= 4 is 16.9 Å². The first-order valence-corrected chi connectivity index (χ1v) is 8.34. The molecule has 0 amide bonds. The zero-order chi connectivity index (χ0) is 16.5. The van der Waals surface area contributed by atoms with E-state index in [0.717, 1.165) is 41.4 Å². The Balaban J connectivity index is 1.75. The Labute approximate surface area is 141 Å². The summed E-state index contributed by atoms with van der Waals surface area (Å²) >= 11 is 0. The largest absolute Gasteiger partial charge is 0.497 e. The summed E-state index contributed by atoms with van der Waals surface area (Å²) in [5, 5.41) is 5.54. The summed E-state index contributed by atoms with van der Waals surface area (Å²) in [6.45, 7) is 4.38. The topological polar surface area (TPSA) is 56.1 Å². The molecule has 0 aliphatic carbocycles. The van der Waals surface area contributed by atoms with Crippen molar-refractivity contribution in [2.45, 2.75) is 19.8 Å². The molecule has 3 aromatic rings. The standard InChI is InChI=1S/C18H21N5O/c1-13-4-3-9-22(11-13)17-16-10-21-23(18(16)20-12-19-17)14-5-7-15(24-2)8-6-14/h5-8,10,12-13H,3-4,9,11H2,1-2H3/t13-/m1/s1. The van der Waals surface area contributed by atoms with Crippen LogP contribution in [0.15, 0.2) is 36.8 Å². The lowest BCUT2D eigenvalue weighted by Crippen LogP contribution is -2.34. The molecule has 1 saturated heterocycles. The third kappa shape index (κ3) is 2.58. The summed E-state index contributed by atoms with van der Waals surface area (Å²) in [6, 6.07) is 7.82. The molecular weight excluding hydrogens is 302 g/mol.